The molecule has 10 nitrogen and oxygen atoms in total. The summed E-state index contributed by atoms with van der Waals surface area (Å²) >= 11 is 0. The Labute approximate surface area is 226 Å². The molecule has 3 rings (SSSR count). The molecule has 0 saturated carbocycles. The van der Waals surface area contributed by atoms with Gasteiger partial charge in [-0.3, -0.25) is 0 Å². The van der Waals surface area contributed by atoms with Crippen LogP contribution in [0.25, 0.3) is 0 Å². The fraction of sp³-hybridized carbons (Fsp3) is 0.310. The molecule has 1 atom stereocenters. The molecule has 0 aliphatic carbocycles. The molecule has 1 unspecified atom stereocenters. The normalized spacial score (nSPS) is 14.2. The quantitative estimate of drug-likeness (QED) is 0.203. The van der Waals surface area contributed by atoms with Crippen molar-refractivity contribution in [3.8, 4) is 29.1 Å². The van der Waals surface area contributed by atoms with Crippen LogP contribution in [0, 0.1) is 11.8 Å². The van der Waals surface area contributed by atoms with Crippen molar-refractivity contribution in [1.82, 2.24) is 10.6 Å². The molecular weight excluding hydrogens is 504 g/mol. The van der Waals surface area contributed by atoms with Crippen molar-refractivity contribution >= 4 is 11.9 Å². The number of hydrogen-bond donors (Lipinski definition) is 5. The zero-order chi connectivity index (χ0) is 28.4. The molecule has 0 fully saturated rings. The minimum atomic E-state index is -1.24. The van der Waals surface area contributed by atoms with Crippen LogP contribution >= 0.6 is 0 Å². The monoisotopic (exact) mass is 536 g/mol. The van der Waals surface area contributed by atoms with E-state index in [2.05, 4.69) is 22.5 Å². The van der Waals surface area contributed by atoms with Crippen LogP contribution in [0.5, 0.6) is 17.2 Å². The fourth-order valence-corrected chi connectivity index (χ4v) is 4.18. The topological polar surface area (TPSA) is 147 Å². The number of nitrogens with one attached hydrogen (secondary N) is 2. The Morgan fingerprint density at radius 3 is 2.26 bits per heavy atom. The van der Waals surface area contributed by atoms with Gasteiger partial charge in [-0.25, -0.2) is 9.59 Å². The van der Waals surface area contributed by atoms with Gasteiger partial charge in [-0.05, 0) is 44.2 Å². The number of para-hydroxylation sites is 1. The zero-order valence-corrected chi connectivity index (χ0v) is 22.0. The van der Waals surface area contributed by atoms with Crippen LogP contribution in [-0.4, -0.2) is 66.8 Å². The lowest BCUT2D eigenvalue weighted by atomic mass is 9.80. The number of carbonyl (C=O) groups is 2. The van der Waals surface area contributed by atoms with Gasteiger partial charge in [-0.15, -0.1) is 0 Å². The van der Waals surface area contributed by atoms with E-state index in [4.69, 9.17) is 14.2 Å². The Bertz CT molecular complexity index is 1270. The fourth-order valence-electron chi connectivity index (χ4n) is 4.18. The third kappa shape index (κ3) is 7.77. The van der Waals surface area contributed by atoms with Crippen molar-refractivity contribution in [2.45, 2.75) is 25.9 Å². The summed E-state index contributed by atoms with van der Waals surface area (Å²) in [6.07, 6.45) is -0.713. The number of allylic oxidation sites excluding steroid dienone is 2. The molecule has 2 aromatic rings. The highest BCUT2D eigenvalue weighted by molar-refractivity contribution is 5.98. The van der Waals surface area contributed by atoms with Crippen LogP contribution in [0.2, 0.25) is 0 Å². The van der Waals surface area contributed by atoms with E-state index in [0.717, 1.165) is 0 Å². The molecule has 10 heteroatoms. The molecule has 1 heterocycles. The van der Waals surface area contributed by atoms with Crippen LogP contribution in [0.4, 0.5) is 0 Å². The summed E-state index contributed by atoms with van der Waals surface area (Å²) in [5, 5.41) is 35.8. The number of aliphatic carboxylic acids is 2. The first kappa shape index (κ1) is 29.1. The number of hydrogen-bond acceptors (Lipinski definition) is 8. The Morgan fingerprint density at radius 1 is 0.974 bits per heavy atom. The van der Waals surface area contributed by atoms with Crippen LogP contribution in [0.3, 0.4) is 0 Å². The number of ether oxygens (including phenoxy) is 3. The van der Waals surface area contributed by atoms with Gasteiger partial charge < -0.3 is 40.2 Å². The first-order chi connectivity index (χ1) is 18.7. The maximum Gasteiger partial charge on any atom is 0.334 e. The molecule has 0 aromatic heterocycles. The lowest BCUT2D eigenvalue weighted by Gasteiger charge is -2.29. The molecule has 1 aliphatic heterocycles. The highest BCUT2D eigenvalue weighted by Gasteiger charge is 2.38. The van der Waals surface area contributed by atoms with Crippen molar-refractivity contribution in [2.75, 3.05) is 33.4 Å². The first-order valence-corrected chi connectivity index (χ1v) is 12.2. The van der Waals surface area contributed by atoms with Crippen LogP contribution in [0.15, 0.2) is 71.1 Å². The summed E-state index contributed by atoms with van der Waals surface area (Å²) in [5.41, 5.74) is 0.824. The van der Waals surface area contributed by atoms with E-state index in [0.29, 0.717) is 35.0 Å². The Morgan fingerprint density at radius 2 is 1.64 bits per heavy atom. The number of aliphatic hydroxyl groups is 1. The highest BCUT2D eigenvalue weighted by Crippen LogP contribution is 2.43. The van der Waals surface area contributed by atoms with E-state index in [1.165, 1.54) is 7.11 Å². The number of aliphatic hydroxyl groups excluding tert-OH is 1. The molecule has 39 heavy (non-hydrogen) atoms. The van der Waals surface area contributed by atoms with Gasteiger partial charge in [-0.2, -0.15) is 0 Å². The number of rotatable bonds is 12. The van der Waals surface area contributed by atoms with Gasteiger partial charge >= 0.3 is 11.9 Å². The predicted molar refractivity (Wildman–Crippen MR) is 144 cm³/mol. The van der Waals surface area contributed by atoms with Crippen molar-refractivity contribution in [3.05, 3.63) is 76.6 Å². The van der Waals surface area contributed by atoms with Crippen LogP contribution in [0.1, 0.15) is 25.3 Å². The summed E-state index contributed by atoms with van der Waals surface area (Å²) < 4.78 is 16.7. The van der Waals surface area contributed by atoms with Crippen molar-refractivity contribution in [2.24, 2.45) is 0 Å². The average molecular weight is 537 g/mol. The average Bonchev–Trinajstić information content (AvgIpc) is 2.91. The smallest absolute Gasteiger partial charge is 0.334 e. The summed E-state index contributed by atoms with van der Waals surface area (Å²) in [6.45, 7) is 3.87. The number of methoxy groups -OCH3 is 1. The summed E-state index contributed by atoms with van der Waals surface area (Å²) in [6, 6.07) is 14.0. The summed E-state index contributed by atoms with van der Waals surface area (Å²) in [7, 11) is 1.46. The second-order valence-corrected chi connectivity index (χ2v) is 8.70. The van der Waals surface area contributed by atoms with Crippen molar-refractivity contribution in [3.63, 3.8) is 0 Å². The molecule has 0 bridgehead atoms. The maximum atomic E-state index is 12.2. The third-order valence-electron chi connectivity index (χ3n) is 5.95. The predicted octanol–water partition coefficient (Wildman–Crippen LogP) is 2.51. The number of benzene rings is 2. The molecule has 0 amide bonds. The standard InChI is InChI=1S/C29H32N2O8/c1-18-25(28(33)34)27(26(29(35)36)19(2)31-18)23-15-22(37-3)11-12-24(23)38-14-8-7-13-30-16-20(32)17-39-21-9-5-4-6-10-21/h4-6,9-12,15,20,27,30-32H,13-14,16-17H2,1-3H3,(H,33,34)(H,35,36). The van der Waals surface area contributed by atoms with Gasteiger partial charge in [0.05, 0.1) is 30.7 Å². The molecule has 0 spiro atoms. The highest BCUT2D eigenvalue weighted by atomic mass is 16.5. The lowest BCUT2D eigenvalue weighted by Crippen LogP contribution is -2.31. The molecule has 5 N–H and O–H groups in total. The van der Waals surface area contributed by atoms with E-state index in [9.17, 15) is 24.9 Å². The molecule has 206 valence electrons. The molecule has 1 aliphatic rings. The number of carboxylic acid groups (broad SMARTS) is 2. The second-order valence-electron chi connectivity index (χ2n) is 8.70. The third-order valence-corrected chi connectivity index (χ3v) is 5.95. The van der Waals surface area contributed by atoms with Crippen molar-refractivity contribution < 1.29 is 39.1 Å². The van der Waals surface area contributed by atoms with Crippen molar-refractivity contribution in [1.29, 1.82) is 0 Å². The zero-order valence-electron chi connectivity index (χ0n) is 22.0. The van der Waals surface area contributed by atoms with Gasteiger partial charge in [-0.1, -0.05) is 30.0 Å². The Kier molecular flexibility index (Phi) is 10.4. The Hall–Kier alpha value is -4.46. The van der Waals surface area contributed by atoms with E-state index < -0.39 is 24.0 Å². The molecule has 0 saturated heterocycles. The van der Waals surface area contributed by atoms with Gasteiger partial charge in [0.1, 0.15) is 36.6 Å². The summed E-state index contributed by atoms with van der Waals surface area (Å²) in [4.78, 5) is 24.3. The van der Waals surface area contributed by atoms with Crippen LogP contribution < -0.4 is 24.8 Å². The SMILES string of the molecule is COc1ccc(OCC#CCNCC(O)COc2ccccc2)c(C2C(C(=O)O)=C(C)NC(C)=C2C(=O)O)c1. The second kappa shape index (κ2) is 13.9. The van der Waals surface area contributed by atoms with Gasteiger partial charge in [0.25, 0.3) is 0 Å². The lowest BCUT2D eigenvalue weighted by molar-refractivity contribution is -0.133. The molecular formula is C29H32N2O8. The summed E-state index contributed by atoms with van der Waals surface area (Å²) in [5.74, 6) is 3.56. The van der Waals surface area contributed by atoms with E-state index in [1.54, 1.807) is 32.0 Å². The largest absolute Gasteiger partial charge is 0.497 e. The van der Waals surface area contributed by atoms with E-state index in [1.807, 2.05) is 30.3 Å². The Balaban J connectivity index is 1.66. The minimum Gasteiger partial charge on any atom is -0.497 e. The molecule has 2 aromatic carbocycles. The van der Waals surface area contributed by atoms with E-state index >= 15 is 0 Å². The van der Waals surface area contributed by atoms with Gasteiger partial charge in [0.2, 0.25) is 0 Å². The minimum absolute atomic E-state index is 0.0259. The van der Waals surface area contributed by atoms with Gasteiger partial charge in [0, 0.05) is 23.5 Å². The van der Waals surface area contributed by atoms with Gasteiger partial charge in [0.15, 0.2) is 0 Å². The van der Waals surface area contributed by atoms with Crippen LogP contribution in [-0.2, 0) is 9.59 Å². The number of carboxylic acids is 2. The van der Waals surface area contributed by atoms with E-state index in [-0.39, 0.29) is 36.7 Å². The maximum absolute atomic E-state index is 12.2. The first-order valence-electron chi connectivity index (χ1n) is 12.2. The molecule has 0 radical (unpaired) electrons. The number of dihydropyridines is 1.